The molecule has 132 valence electrons. The van der Waals surface area contributed by atoms with Crippen LogP contribution in [0.4, 0.5) is 0 Å². The SMILES string of the molecule is CN(Cc1ccccc1)CC1CCCC1c1ccc2c(ccn2C#N)c1. The molecule has 0 amide bonds. The van der Waals surface area contributed by atoms with Gasteiger partial charge in [-0.3, -0.25) is 4.57 Å². The Balaban J connectivity index is 1.48. The second-order valence-electron chi connectivity index (χ2n) is 7.58. The van der Waals surface area contributed by atoms with Gasteiger partial charge in [0.1, 0.15) is 0 Å². The second-order valence-corrected chi connectivity index (χ2v) is 7.58. The van der Waals surface area contributed by atoms with Crippen molar-refractivity contribution in [3.63, 3.8) is 0 Å². The minimum Gasteiger partial charge on any atom is -0.302 e. The summed E-state index contributed by atoms with van der Waals surface area (Å²) in [5.74, 6) is 1.34. The molecule has 1 fully saturated rings. The predicted molar refractivity (Wildman–Crippen MR) is 106 cm³/mol. The van der Waals surface area contributed by atoms with E-state index in [2.05, 4.69) is 66.7 Å². The van der Waals surface area contributed by atoms with E-state index in [1.807, 2.05) is 12.3 Å². The van der Waals surface area contributed by atoms with Gasteiger partial charge in [-0.25, -0.2) is 0 Å². The van der Waals surface area contributed by atoms with E-state index in [1.165, 1.54) is 35.8 Å². The quantitative estimate of drug-likeness (QED) is 0.654. The smallest absolute Gasteiger partial charge is 0.188 e. The molecule has 2 unspecified atom stereocenters. The Morgan fingerprint density at radius 3 is 2.77 bits per heavy atom. The van der Waals surface area contributed by atoms with Gasteiger partial charge >= 0.3 is 0 Å². The predicted octanol–water partition coefficient (Wildman–Crippen LogP) is 4.99. The van der Waals surface area contributed by atoms with Crippen molar-refractivity contribution in [2.24, 2.45) is 5.92 Å². The van der Waals surface area contributed by atoms with E-state index in [0.29, 0.717) is 11.8 Å². The molecule has 0 spiro atoms. The average molecular weight is 343 g/mol. The number of nitrogens with zero attached hydrogens (tertiary/aromatic N) is 3. The highest BCUT2D eigenvalue weighted by Crippen LogP contribution is 2.40. The molecule has 3 nitrogen and oxygen atoms in total. The third kappa shape index (κ3) is 3.38. The zero-order valence-electron chi connectivity index (χ0n) is 15.3. The monoisotopic (exact) mass is 343 g/mol. The van der Waals surface area contributed by atoms with Gasteiger partial charge in [0.25, 0.3) is 0 Å². The maximum absolute atomic E-state index is 9.18. The number of fused-ring (bicyclic) bond motifs is 1. The van der Waals surface area contributed by atoms with E-state index >= 15 is 0 Å². The molecule has 26 heavy (non-hydrogen) atoms. The lowest BCUT2D eigenvalue weighted by Gasteiger charge is -2.26. The molecular formula is C23H25N3. The molecule has 0 saturated heterocycles. The Hall–Kier alpha value is -2.57. The van der Waals surface area contributed by atoms with Crippen molar-refractivity contribution in [2.75, 3.05) is 13.6 Å². The number of hydrogen-bond donors (Lipinski definition) is 0. The Morgan fingerprint density at radius 1 is 1.12 bits per heavy atom. The topological polar surface area (TPSA) is 32.0 Å². The summed E-state index contributed by atoms with van der Waals surface area (Å²) in [6, 6.07) is 19.4. The van der Waals surface area contributed by atoms with Crippen LogP contribution in [-0.4, -0.2) is 23.1 Å². The van der Waals surface area contributed by atoms with Crippen LogP contribution in [0.5, 0.6) is 0 Å². The van der Waals surface area contributed by atoms with Crippen LogP contribution in [0.1, 0.15) is 36.3 Å². The van der Waals surface area contributed by atoms with Gasteiger partial charge in [-0.2, -0.15) is 5.26 Å². The van der Waals surface area contributed by atoms with Crippen LogP contribution < -0.4 is 0 Å². The summed E-state index contributed by atoms with van der Waals surface area (Å²) in [6.45, 7) is 2.14. The Bertz CT molecular complexity index is 920. The molecular weight excluding hydrogens is 318 g/mol. The van der Waals surface area contributed by atoms with Gasteiger partial charge in [0, 0.05) is 24.7 Å². The molecule has 4 rings (SSSR count). The highest BCUT2D eigenvalue weighted by molar-refractivity contribution is 5.81. The fourth-order valence-electron chi connectivity index (χ4n) is 4.53. The van der Waals surface area contributed by atoms with Crippen molar-refractivity contribution in [1.82, 2.24) is 9.47 Å². The lowest BCUT2D eigenvalue weighted by atomic mass is 9.88. The van der Waals surface area contributed by atoms with E-state index in [0.717, 1.165) is 18.6 Å². The zero-order valence-corrected chi connectivity index (χ0v) is 15.3. The average Bonchev–Trinajstić information content (AvgIpc) is 3.28. The Kier molecular flexibility index (Phi) is 4.77. The van der Waals surface area contributed by atoms with Gasteiger partial charge in [-0.1, -0.05) is 42.8 Å². The van der Waals surface area contributed by atoms with Gasteiger partial charge in [-0.15, -0.1) is 0 Å². The first-order valence-corrected chi connectivity index (χ1v) is 9.48. The summed E-state index contributed by atoms with van der Waals surface area (Å²) in [4.78, 5) is 2.46. The van der Waals surface area contributed by atoms with Gasteiger partial charge < -0.3 is 4.90 Å². The van der Waals surface area contributed by atoms with Gasteiger partial charge in [-0.05, 0) is 61.1 Å². The first-order chi connectivity index (χ1) is 12.7. The van der Waals surface area contributed by atoms with Gasteiger partial charge in [0.2, 0.25) is 0 Å². The summed E-state index contributed by atoms with van der Waals surface area (Å²) in [5, 5.41) is 10.3. The third-order valence-electron chi connectivity index (χ3n) is 5.75. The van der Waals surface area contributed by atoms with E-state index in [1.54, 1.807) is 4.57 Å². The van der Waals surface area contributed by atoms with Gasteiger partial charge in [0.15, 0.2) is 6.19 Å². The standard InChI is InChI=1S/C23H25N3/c1-25(15-18-6-3-2-4-7-18)16-21-8-5-9-22(21)19-10-11-23-20(14-19)12-13-26(23)17-24/h2-4,6-7,10-14,21-22H,5,8-9,15-16H2,1H3. The molecule has 1 aliphatic rings. The van der Waals surface area contributed by atoms with Crippen molar-refractivity contribution < 1.29 is 0 Å². The molecule has 1 heterocycles. The molecule has 1 aromatic heterocycles. The maximum Gasteiger partial charge on any atom is 0.188 e. The number of rotatable bonds is 5. The molecule has 1 saturated carbocycles. The minimum atomic E-state index is 0.628. The first-order valence-electron chi connectivity index (χ1n) is 9.48. The molecule has 1 aliphatic carbocycles. The molecule has 0 bridgehead atoms. The summed E-state index contributed by atoms with van der Waals surface area (Å²) >= 11 is 0. The third-order valence-corrected chi connectivity index (χ3v) is 5.75. The van der Waals surface area contributed by atoms with E-state index in [9.17, 15) is 5.26 Å². The van der Waals surface area contributed by atoms with Crippen LogP contribution in [0.2, 0.25) is 0 Å². The van der Waals surface area contributed by atoms with Crippen LogP contribution in [0.3, 0.4) is 0 Å². The van der Waals surface area contributed by atoms with Crippen LogP contribution in [0, 0.1) is 17.4 Å². The molecule has 0 radical (unpaired) electrons. The maximum atomic E-state index is 9.18. The number of aromatic nitrogens is 1. The summed E-state index contributed by atoms with van der Waals surface area (Å²) in [5.41, 5.74) is 3.82. The molecule has 0 aliphatic heterocycles. The number of hydrogen-bond acceptors (Lipinski definition) is 2. The Labute approximate surface area is 155 Å². The highest BCUT2D eigenvalue weighted by Gasteiger charge is 2.29. The highest BCUT2D eigenvalue weighted by atomic mass is 15.1. The van der Waals surface area contributed by atoms with Crippen molar-refractivity contribution in [3.05, 3.63) is 71.9 Å². The van der Waals surface area contributed by atoms with E-state index < -0.39 is 0 Å². The lowest BCUT2D eigenvalue weighted by molar-refractivity contribution is 0.258. The van der Waals surface area contributed by atoms with Crippen molar-refractivity contribution in [2.45, 2.75) is 31.7 Å². The van der Waals surface area contributed by atoms with E-state index in [-0.39, 0.29) is 0 Å². The zero-order chi connectivity index (χ0) is 17.9. The number of nitriles is 1. The normalized spacial score (nSPS) is 19.9. The van der Waals surface area contributed by atoms with Crippen LogP contribution in [-0.2, 0) is 6.54 Å². The van der Waals surface area contributed by atoms with Crippen molar-refractivity contribution >= 4 is 10.9 Å². The minimum absolute atomic E-state index is 0.628. The molecule has 3 aromatic rings. The summed E-state index contributed by atoms with van der Waals surface area (Å²) < 4.78 is 1.64. The van der Waals surface area contributed by atoms with Crippen LogP contribution in [0.15, 0.2) is 60.8 Å². The number of benzene rings is 2. The van der Waals surface area contributed by atoms with Gasteiger partial charge in [0.05, 0.1) is 5.52 Å². The van der Waals surface area contributed by atoms with Crippen molar-refractivity contribution in [3.8, 4) is 6.19 Å². The second kappa shape index (κ2) is 7.35. The van der Waals surface area contributed by atoms with Crippen molar-refractivity contribution in [1.29, 1.82) is 5.26 Å². The molecule has 0 N–H and O–H groups in total. The largest absolute Gasteiger partial charge is 0.302 e. The van der Waals surface area contributed by atoms with Crippen LogP contribution >= 0.6 is 0 Å². The first kappa shape index (κ1) is 16.9. The molecule has 3 heteroatoms. The lowest BCUT2D eigenvalue weighted by Crippen LogP contribution is -2.26. The van der Waals surface area contributed by atoms with E-state index in [4.69, 9.17) is 0 Å². The molecule has 2 atom stereocenters. The Morgan fingerprint density at radius 2 is 1.96 bits per heavy atom. The van der Waals surface area contributed by atoms with Crippen LogP contribution in [0.25, 0.3) is 10.9 Å². The summed E-state index contributed by atoms with van der Waals surface area (Å²) in [6.07, 6.45) is 7.95. The summed E-state index contributed by atoms with van der Waals surface area (Å²) in [7, 11) is 2.23. The molecule has 2 aromatic carbocycles. The fraction of sp³-hybridized carbons (Fsp3) is 0.348. The fourth-order valence-corrected chi connectivity index (χ4v) is 4.53.